The van der Waals surface area contributed by atoms with Crippen molar-refractivity contribution in [2.75, 3.05) is 0 Å². The molecule has 0 saturated heterocycles. The minimum Gasteiger partial charge on any atom is -0.321 e. The molecule has 33 heavy (non-hydrogen) atoms. The maximum Gasteiger partial charge on any atom is 0.109 e. The summed E-state index contributed by atoms with van der Waals surface area (Å²) in [4.78, 5) is 0. The van der Waals surface area contributed by atoms with Crippen LogP contribution in [0, 0.1) is 13.8 Å². The first-order valence-corrected chi connectivity index (χ1v) is 14.2. The normalized spacial score (nSPS) is 12.7. The van der Waals surface area contributed by atoms with Crippen molar-refractivity contribution in [3.05, 3.63) is 108 Å². The van der Waals surface area contributed by atoms with Gasteiger partial charge in [0.15, 0.2) is 0 Å². The molecule has 1 nitrogen and oxygen atoms in total. The third-order valence-electron chi connectivity index (χ3n) is 5.97. The third-order valence-corrected chi connectivity index (χ3v) is 10.7. The highest BCUT2D eigenvalue weighted by Crippen LogP contribution is 2.44. The standard InChI is InChI=1S/C30H32OP2/c1-22-14-12-20-26(32(24-16-8-6-9-17-24)25-18-10-7-11-19-25)28(22)29-23(2)15-13-21-27(29)33(31)30(3,4)5/h6-21,33H,1-5H3. The van der Waals surface area contributed by atoms with Gasteiger partial charge in [0, 0.05) is 10.5 Å². The summed E-state index contributed by atoms with van der Waals surface area (Å²) in [5.41, 5.74) is 4.81. The lowest BCUT2D eigenvalue weighted by atomic mass is 9.96. The smallest absolute Gasteiger partial charge is 0.109 e. The molecule has 3 heteroatoms. The molecular weight excluding hydrogens is 438 g/mol. The van der Waals surface area contributed by atoms with Crippen molar-refractivity contribution in [3.8, 4) is 11.1 Å². The number of hydrogen-bond donors (Lipinski definition) is 0. The maximum atomic E-state index is 13.7. The van der Waals surface area contributed by atoms with E-state index in [0.29, 0.717) is 0 Å². The summed E-state index contributed by atoms with van der Waals surface area (Å²) in [7, 11) is -2.78. The van der Waals surface area contributed by atoms with Gasteiger partial charge in [-0.3, -0.25) is 0 Å². The number of rotatable bonds is 5. The molecule has 1 atom stereocenters. The number of benzene rings is 4. The van der Waals surface area contributed by atoms with Crippen LogP contribution >= 0.6 is 15.7 Å². The molecule has 0 aliphatic carbocycles. The van der Waals surface area contributed by atoms with E-state index >= 15 is 0 Å². The predicted octanol–water partition coefficient (Wildman–Crippen LogP) is 6.71. The molecule has 0 aliphatic rings. The van der Waals surface area contributed by atoms with E-state index in [1.54, 1.807) is 0 Å². The van der Waals surface area contributed by atoms with Gasteiger partial charge in [-0.25, -0.2) is 0 Å². The van der Waals surface area contributed by atoms with Crippen LogP contribution in [0.25, 0.3) is 11.1 Å². The van der Waals surface area contributed by atoms with E-state index in [-0.39, 0.29) is 5.16 Å². The van der Waals surface area contributed by atoms with Gasteiger partial charge in [-0.2, -0.15) is 0 Å². The van der Waals surface area contributed by atoms with Gasteiger partial charge in [0.25, 0.3) is 0 Å². The molecule has 0 aromatic heterocycles. The Morgan fingerprint density at radius 2 is 1.09 bits per heavy atom. The highest BCUT2D eigenvalue weighted by Gasteiger charge is 2.28. The van der Waals surface area contributed by atoms with E-state index < -0.39 is 15.7 Å². The zero-order valence-electron chi connectivity index (χ0n) is 20.1. The molecule has 0 spiro atoms. The molecular formula is C30H32OP2. The lowest BCUT2D eigenvalue weighted by molar-refractivity contribution is 0.572. The molecule has 0 fully saturated rings. The van der Waals surface area contributed by atoms with Crippen LogP contribution in [0.1, 0.15) is 31.9 Å². The summed E-state index contributed by atoms with van der Waals surface area (Å²) in [6, 6.07) is 34.5. The quantitative estimate of drug-likeness (QED) is 0.296. The van der Waals surface area contributed by atoms with Gasteiger partial charge in [0.2, 0.25) is 0 Å². The fourth-order valence-corrected chi connectivity index (χ4v) is 8.48. The van der Waals surface area contributed by atoms with Crippen molar-refractivity contribution >= 4 is 36.9 Å². The van der Waals surface area contributed by atoms with Crippen molar-refractivity contribution in [2.24, 2.45) is 0 Å². The van der Waals surface area contributed by atoms with E-state index in [4.69, 9.17) is 0 Å². The largest absolute Gasteiger partial charge is 0.321 e. The van der Waals surface area contributed by atoms with Gasteiger partial charge in [0.1, 0.15) is 7.80 Å². The van der Waals surface area contributed by atoms with Gasteiger partial charge in [-0.15, -0.1) is 0 Å². The monoisotopic (exact) mass is 470 g/mol. The molecule has 4 aromatic rings. The Kier molecular flexibility index (Phi) is 7.04. The molecule has 1 unspecified atom stereocenters. The van der Waals surface area contributed by atoms with Crippen LogP contribution in [0.5, 0.6) is 0 Å². The lowest BCUT2D eigenvalue weighted by Gasteiger charge is -2.27. The minimum atomic E-state index is -2.01. The van der Waals surface area contributed by atoms with E-state index in [1.165, 1.54) is 32.6 Å². The van der Waals surface area contributed by atoms with Crippen LogP contribution in [0.15, 0.2) is 97.1 Å². The zero-order chi connectivity index (χ0) is 23.6. The van der Waals surface area contributed by atoms with Crippen LogP contribution in [-0.2, 0) is 4.57 Å². The summed E-state index contributed by atoms with van der Waals surface area (Å²) in [5.74, 6) is 0. The zero-order valence-corrected chi connectivity index (χ0v) is 22.0. The summed E-state index contributed by atoms with van der Waals surface area (Å²) >= 11 is 0. The first kappa shape index (κ1) is 23.7. The Morgan fingerprint density at radius 1 is 0.606 bits per heavy atom. The van der Waals surface area contributed by atoms with E-state index in [9.17, 15) is 4.57 Å². The summed E-state index contributed by atoms with van der Waals surface area (Å²) < 4.78 is 13.7. The Bertz CT molecular complexity index is 1230. The maximum absolute atomic E-state index is 13.7. The summed E-state index contributed by atoms with van der Waals surface area (Å²) in [6.07, 6.45) is 0. The lowest BCUT2D eigenvalue weighted by Crippen LogP contribution is -2.25. The highest BCUT2D eigenvalue weighted by atomic mass is 31.1. The molecule has 4 rings (SSSR count). The first-order valence-electron chi connectivity index (χ1n) is 11.4. The van der Waals surface area contributed by atoms with Crippen LogP contribution < -0.4 is 21.2 Å². The molecule has 0 aliphatic heterocycles. The van der Waals surface area contributed by atoms with Gasteiger partial charge in [-0.05, 0) is 59.9 Å². The predicted molar refractivity (Wildman–Crippen MR) is 148 cm³/mol. The SMILES string of the molecule is Cc1cccc(P(c2ccccc2)c2ccccc2)c1-c1c(C)cccc1[PH](=O)C(C)(C)C. The Labute approximate surface area is 200 Å². The Hall–Kier alpha value is -2.46. The number of aryl methyl sites for hydroxylation is 2. The molecule has 0 saturated carbocycles. The van der Waals surface area contributed by atoms with E-state index in [2.05, 4.69) is 132 Å². The topological polar surface area (TPSA) is 17.1 Å². The molecule has 0 heterocycles. The third kappa shape index (κ3) is 4.91. The van der Waals surface area contributed by atoms with Crippen LogP contribution in [0.3, 0.4) is 0 Å². The molecule has 0 radical (unpaired) electrons. The van der Waals surface area contributed by atoms with Crippen molar-refractivity contribution in [2.45, 2.75) is 39.8 Å². The second kappa shape index (κ2) is 9.80. The van der Waals surface area contributed by atoms with Crippen molar-refractivity contribution in [1.82, 2.24) is 0 Å². The molecule has 0 amide bonds. The van der Waals surface area contributed by atoms with Gasteiger partial charge in [0.05, 0.1) is 0 Å². The number of hydrogen-bond acceptors (Lipinski definition) is 1. The van der Waals surface area contributed by atoms with Crippen molar-refractivity contribution < 1.29 is 4.57 Å². The summed E-state index contributed by atoms with van der Waals surface area (Å²) in [6.45, 7) is 10.6. The van der Waals surface area contributed by atoms with Gasteiger partial charge < -0.3 is 4.57 Å². The van der Waals surface area contributed by atoms with Crippen molar-refractivity contribution in [3.63, 3.8) is 0 Å². The molecule has 168 valence electrons. The minimum absolute atomic E-state index is 0.264. The van der Waals surface area contributed by atoms with Crippen molar-refractivity contribution in [1.29, 1.82) is 0 Å². The van der Waals surface area contributed by atoms with E-state index in [0.717, 1.165) is 10.9 Å². The average Bonchev–Trinajstić information content (AvgIpc) is 2.80. The molecule has 0 bridgehead atoms. The Balaban J connectivity index is 2.05. The average molecular weight is 471 g/mol. The van der Waals surface area contributed by atoms with Gasteiger partial charge in [-0.1, -0.05) is 118 Å². The van der Waals surface area contributed by atoms with Gasteiger partial charge >= 0.3 is 0 Å². The first-order chi connectivity index (χ1) is 15.8. The fraction of sp³-hybridized carbons (Fsp3) is 0.200. The fourth-order valence-electron chi connectivity index (χ4n) is 4.34. The Morgan fingerprint density at radius 3 is 1.61 bits per heavy atom. The van der Waals surface area contributed by atoms with E-state index in [1.807, 2.05) is 0 Å². The van der Waals surface area contributed by atoms with Crippen LogP contribution in [0.2, 0.25) is 0 Å². The van der Waals surface area contributed by atoms with Crippen LogP contribution in [0.4, 0.5) is 0 Å². The second-order valence-corrected chi connectivity index (χ2v) is 14.4. The highest BCUT2D eigenvalue weighted by molar-refractivity contribution is 7.80. The second-order valence-electron chi connectivity index (χ2n) is 9.55. The summed E-state index contributed by atoms with van der Waals surface area (Å²) in [5, 5.41) is 4.70. The molecule has 4 aromatic carbocycles. The van der Waals surface area contributed by atoms with Crippen LogP contribution in [-0.4, -0.2) is 5.16 Å². The molecule has 0 N–H and O–H groups in total.